The summed E-state index contributed by atoms with van der Waals surface area (Å²) in [5.41, 5.74) is 2.86. The van der Waals surface area contributed by atoms with Gasteiger partial charge in [0.15, 0.2) is 0 Å². The van der Waals surface area contributed by atoms with Gasteiger partial charge in [0, 0.05) is 0 Å². The van der Waals surface area contributed by atoms with Crippen LogP contribution in [-0.2, 0) is 14.8 Å². The van der Waals surface area contributed by atoms with Crippen LogP contribution in [-0.4, -0.2) is 32.3 Å². The highest BCUT2D eigenvalue weighted by Crippen LogP contribution is 2.15. The maximum atomic E-state index is 12.0. The highest BCUT2D eigenvalue weighted by Gasteiger charge is 2.15. The fourth-order valence-corrected chi connectivity index (χ4v) is 2.74. The lowest BCUT2D eigenvalue weighted by atomic mass is 10.2. The van der Waals surface area contributed by atoms with Gasteiger partial charge in [0.2, 0.25) is 10.0 Å². The maximum Gasteiger partial charge on any atom is 0.255 e. The van der Waals surface area contributed by atoms with Crippen LogP contribution in [0.1, 0.15) is 5.56 Å². The number of carbonyl (C=O) groups is 1. The molecule has 0 aliphatic rings. The van der Waals surface area contributed by atoms with Crippen LogP contribution in [0.15, 0.2) is 64.6 Å². The Hall–Kier alpha value is -2.79. The zero-order valence-corrected chi connectivity index (χ0v) is 13.7. The molecular weight excluding hydrogens is 348 g/mol. The van der Waals surface area contributed by atoms with Crippen molar-refractivity contribution in [2.45, 2.75) is 4.90 Å². The monoisotopic (exact) mass is 363 g/mol. The molecule has 9 nitrogen and oxygen atoms in total. The van der Waals surface area contributed by atoms with Gasteiger partial charge in [-0.3, -0.25) is 10.0 Å². The molecule has 1 amide bonds. The molecule has 0 fully saturated rings. The number of carbonyl (C=O) groups excluding carboxylic acids is 1. The topological polar surface area (TPSA) is 134 Å². The first-order chi connectivity index (χ1) is 11.9. The quantitative estimate of drug-likeness (QED) is 0.492. The van der Waals surface area contributed by atoms with E-state index < -0.39 is 22.5 Å². The van der Waals surface area contributed by atoms with E-state index in [1.54, 1.807) is 12.1 Å². The van der Waals surface area contributed by atoms with Crippen molar-refractivity contribution in [3.8, 4) is 0 Å². The van der Waals surface area contributed by atoms with E-state index in [0.717, 1.165) is 29.8 Å². The minimum absolute atomic E-state index is 0.119. The number of sulfonamides is 1. The molecule has 0 unspecified atom stereocenters. The molecule has 0 atom stereocenters. The SMILES string of the molecule is O=C(CNS(=O)(=O)c1ccc(N([O-])O)cc1)N/N=C/c1ccccc1. The third kappa shape index (κ3) is 5.65. The van der Waals surface area contributed by atoms with Gasteiger partial charge in [-0.25, -0.2) is 18.6 Å². The highest BCUT2D eigenvalue weighted by atomic mass is 32.2. The molecule has 0 heterocycles. The van der Waals surface area contributed by atoms with Crippen LogP contribution in [0.4, 0.5) is 5.69 Å². The first-order valence-corrected chi connectivity index (χ1v) is 8.49. The van der Waals surface area contributed by atoms with Crippen molar-refractivity contribution < 1.29 is 18.4 Å². The zero-order valence-electron chi connectivity index (χ0n) is 12.9. The van der Waals surface area contributed by atoms with E-state index in [1.807, 2.05) is 18.2 Å². The van der Waals surface area contributed by atoms with E-state index in [4.69, 9.17) is 5.21 Å². The van der Waals surface area contributed by atoms with Crippen molar-refractivity contribution >= 4 is 27.8 Å². The summed E-state index contributed by atoms with van der Waals surface area (Å²) in [6.07, 6.45) is 1.43. The minimum atomic E-state index is -3.94. The Kier molecular flexibility index (Phi) is 6.19. The summed E-state index contributed by atoms with van der Waals surface area (Å²) in [6.45, 7) is -0.510. The summed E-state index contributed by atoms with van der Waals surface area (Å²) in [4.78, 5) is 11.5. The second kappa shape index (κ2) is 8.35. The van der Waals surface area contributed by atoms with Gasteiger partial charge >= 0.3 is 0 Å². The summed E-state index contributed by atoms with van der Waals surface area (Å²) in [7, 11) is -3.94. The van der Waals surface area contributed by atoms with E-state index in [2.05, 4.69) is 15.2 Å². The number of amides is 1. The third-order valence-electron chi connectivity index (χ3n) is 2.99. The Morgan fingerprint density at radius 2 is 1.80 bits per heavy atom. The largest absolute Gasteiger partial charge is 0.733 e. The predicted molar refractivity (Wildman–Crippen MR) is 91.4 cm³/mol. The van der Waals surface area contributed by atoms with Gasteiger partial charge in [0.25, 0.3) is 5.91 Å². The van der Waals surface area contributed by atoms with Gasteiger partial charge in [-0.2, -0.15) is 5.10 Å². The number of benzene rings is 2. The van der Waals surface area contributed by atoms with E-state index in [1.165, 1.54) is 6.21 Å². The second-order valence-electron chi connectivity index (χ2n) is 4.80. The van der Waals surface area contributed by atoms with Crippen molar-refractivity contribution in [1.82, 2.24) is 10.1 Å². The lowest BCUT2D eigenvalue weighted by Crippen LogP contribution is -2.34. The number of anilines is 1. The van der Waals surface area contributed by atoms with Gasteiger partial charge in [-0.15, -0.1) is 0 Å². The van der Waals surface area contributed by atoms with Crippen molar-refractivity contribution in [3.05, 3.63) is 65.4 Å². The maximum absolute atomic E-state index is 12.0. The molecule has 2 rings (SSSR count). The molecule has 0 radical (unpaired) electrons. The van der Waals surface area contributed by atoms with Crippen molar-refractivity contribution in [2.24, 2.45) is 5.10 Å². The second-order valence-corrected chi connectivity index (χ2v) is 6.56. The number of nitrogens with one attached hydrogen (secondary N) is 2. The van der Waals surface area contributed by atoms with E-state index >= 15 is 0 Å². The molecule has 0 saturated carbocycles. The fraction of sp³-hybridized carbons (Fsp3) is 0.0667. The van der Waals surface area contributed by atoms with Crippen LogP contribution in [0.3, 0.4) is 0 Å². The molecule has 2 aromatic rings. The Labute approximate surface area is 144 Å². The fourth-order valence-electron chi connectivity index (χ4n) is 1.75. The average molecular weight is 363 g/mol. The van der Waals surface area contributed by atoms with Crippen LogP contribution in [0.25, 0.3) is 0 Å². The van der Waals surface area contributed by atoms with Gasteiger partial charge in [0.05, 0.1) is 23.3 Å². The summed E-state index contributed by atoms with van der Waals surface area (Å²) in [5, 5.41) is 22.7. The van der Waals surface area contributed by atoms with Gasteiger partial charge < -0.3 is 10.4 Å². The molecule has 10 heteroatoms. The Bertz CT molecular complexity index is 836. The highest BCUT2D eigenvalue weighted by molar-refractivity contribution is 7.89. The van der Waals surface area contributed by atoms with Crippen LogP contribution in [0.5, 0.6) is 0 Å². The summed E-state index contributed by atoms with van der Waals surface area (Å²) in [6, 6.07) is 13.6. The third-order valence-corrected chi connectivity index (χ3v) is 4.41. The van der Waals surface area contributed by atoms with Crippen molar-refractivity contribution in [2.75, 3.05) is 11.8 Å². The molecule has 25 heavy (non-hydrogen) atoms. The zero-order chi connectivity index (χ0) is 18.3. The number of hydrazone groups is 1. The molecule has 0 aliphatic heterocycles. The number of nitrogens with zero attached hydrogens (tertiary/aromatic N) is 2. The minimum Gasteiger partial charge on any atom is -0.733 e. The Morgan fingerprint density at radius 3 is 2.40 bits per heavy atom. The molecule has 3 N–H and O–H groups in total. The van der Waals surface area contributed by atoms with E-state index in [0.29, 0.717) is 0 Å². The molecule has 0 bridgehead atoms. The lowest BCUT2D eigenvalue weighted by Gasteiger charge is -2.21. The lowest BCUT2D eigenvalue weighted by molar-refractivity contribution is -0.119. The Balaban J connectivity index is 1.88. The van der Waals surface area contributed by atoms with Gasteiger partial charge in [-0.05, 0) is 29.8 Å². The van der Waals surface area contributed by atoms with Crippen LogP contribution >= 0.6 is 0 Å². The summed E-state index contributed by atoms with van der Waals surface area (Å²) < 4.78 is 26.2. The predicted octanol–water partition coefficient (Wildman–Crippen LogP) is 0.809. The molecular formula is C15H15N4O5S-. The van der Waals surface area contributed by atoms with Crippen molar-refractivity contribution in [3.63, 3.8) is 0 Å². The molecule has 0 aliphatic carbocycles. The molecule has 2 aromatic carbocycles. The molecule has 132 valence electrons. The molecule has 0 spiro atoms. The van der Waals surface area contributed by atoms with Crippen molar-refractivity contribution in [1.29, 1.82) is 0 Å². The van der Waals surface area contributed by atoms with Crippen LogP contribution < -0.4 is 15.4 Å². The Morgan fingerprint density at radius 1 is 1.16 bits per heavy atom. The summed E-state index contributed by atoms with van der Waals surface area (Å²) >= 11 is 0. The smallest absolute Gasteiger partial charge is 0.255 e. The van der Waals surface area contributed by atoms with Crippen LogP contribution in [0, 0.1) is 5.21 Å². The average Bonchev–Trinajstić information content (AvgIpc) is 2.61. The van der Waals surface area contributed by atoms with Crippen LogP contribution in [0.2, 0.25) is 0 Å². The first kappa shape index (κ1) is 18.5. The van der Waals surface area contributed by atoms with E-state index in [9.17, 15) is 18.4 Å². The van der Waals surface area contributed by atoms with Gasteiger partial charge in [0.1, 0.15) is 0 Å². The number of hydrogen-bond acceptors (Lipinski definition) is 7. The number of hydrogen-bond donors (Lipinski definition) is 3. The first-order valence-electron chi connectivity index (χ1n) is 7.01. The summed E-state index contributed by atoms with van der Waals surface area (Å²) in [5.74, 6) is -0.645. The molecule has 0 saturated heterocycles. The normalized spacial score (nSPS) is 11.4. The van der Waals surface area contributed by atoms with E-state index in [-0.39, 0.29) is 15.8 Å². The molecule has 0 aromatic heterocycles. The standard InChI is InChI=1S/C15H15N4O5S/c20-15(18-16-10-12-4-2-1-3-5-12)11-17-25(23,24)14-8-6-13(7-9-14)19(21)22/h1-10,17,21H,11H2,(H,18,20)/q-1/b16-10+. The number of rotatable bonds is 7. The van der Waals surface area contributed by atoms with Gasteiger partial charge in [-0.1, -0.05) is 30.3 Å².